The van der Waals surface area contributed by atoms with E-state index in [4.69, 9.17) is 5.11 Å². The molecule has 1 aromatic carbocycles. The van der Waals surface area contributed by atoms with Gasteiger partial charge in [-0.3, -0.25) is 9.78 Å². The number of aliphatic hydroxyl groups excluding tert-OH is 1. The van der Waals surface area contributed by atoms with Crippen LogP contribution in [-0.2, 0) is 24.9 Å². The monoisotopic (exact) mass is 638 g/mol. The fraction of sp³-hybridized carbons (Fsp3) is 0.296. The van der Waals surface area contributed by atoms with Gasteiger partial charge in [0.05, 0.1) is 11.3 Å². The largest absolute Gasteiger partial charge is 0.512 e. The number of hydrogen-bond acceptors (Lipinski definition) is 5. The van der Waals surface area contributed by atoms with Crippen LogP contribution in [0.5, 0.6) is 0 Å². The van der Waals surface area contributed by atoms with E-state index in [0.29, 0.717) is 11.8 Å². The van der Waals surface area contributed by atoms with Crippen LogP contribution in [-0.4, -0.2) is 20.9 Å². The third-order valence-corrected chi connectivity index (χ3v) is 6.35. The molecule has 3 aromatic heterocycles. The van der Waals surface area contributed by atoms with Gasteiger partial charge in [0.15, 0.2) is 5.78 Å². The summed E-state index contributed by atoms with van der Waals surface area (Å²) in [5.74, 6) is 0.901. The molecule has 4 nitrogen and oxygen atoms in total. The van der Waals surface area contributed by atoms with Crippen LogP contribution in [0.25, 0.3) is 31.6 Å². The summed E-state index contributed by atoms with van der Waals surface area (Å²) in [6.07, 6.45) is 5.00. The molecule has 0 aliphatic carbocycles. The predicted molar refractivity (Wildman–Crippen MR) is 134 cm³/mol. The van der Waals surface area contributed by atoms with Crippen LogP contribution in [0.4, 0.5) is 0 Å². The molecule has 0 unspecified atom stereocenters. The van der Waals surface area contributed by atoms with E-state index in [-0.39, 0.29) is 31.6 Å². The summed E-state index contributed by atoms with van der Waals surface area (Å²) in [6, 6.07) is 14.0. The van der Waals surface area contributed by atoms with Crippen molar-refractivity contribution in [2.75, 3.05) is 0 Å². The van der Waals surface area contributed by atoms with Crippen molar-refractivity contribution in [1.29, 1.82) is 0 Å². The van der Waals surface area contributed by atoms with Gasteiger partial charge in [-0.05, 0) is 53.8 Å². The molecule has 0 aliphatic heterocycles. The van der Waals surface area contributed by atoms with Crippen molar-refractivity contribution in [2.45, 2.75) is 53.4 Å². The van der Waals surface area contributed by atoms with Gasteiger partial charge in [0.2, 0.25) is 0 Å². The van der Waals surface area contributed by atoms with Gasteiger partial charge in [0.1, 0.15) is 0 Å². The van der Waals surface area contributed by atoms with Crippen molar-refractivity contribution in [3.8, 4) is 11.3 Å². The number of aliphatic hydroxyl groups is 1. The maximum atomic E-state index is 10.0. The molecule has 4 rings (SSSR count). The molecule has 0 aliphatic rings. The summed E-state index contributed by atoms with van der Waals surface area (Å²) in [4.78, 5) is 19.3. The summed E-state index contributed by atoms with van der Waals surface area (Å²) in [7, 11) is 0. The SMILES string of the molecule is CC(=O)/C=C(/C)O.CC(C)c1ccnc(-c2[c-]ccc3c2sc2c(C(C)C)ccnc23)c1.[Ir]. The van der Waals surface area contributed by atoms with Crippen LogP contribution < -0.4 is 0 Å². The zero-order valence-corrected chi connectivity index (χ0v) is 23.0. The number of nitrogens with zero attached hydrogens (tertiary/aromatic N) is 2. The third-order valence-electron chi connectivity index (χ3n) is 5.08. The Morgan fingerprint density at radius 1 is 1.03 bits per heavy atom. The Balaban J connectivity index is 0.000000423. The number of thiophene rings is 1. The van der Waals surface area contributed by atoms with Crippen molar-refractivity contribution in [3.05, 3.63) is 71.8 Å². The molecule has 1 radical (unpaired) electrons. The molecule has 1 N–H and O–H groups in total. The number of carbonyl (C=O) groups excluding carboxylic acids is 1. The van der Waals surface area contributed by atoms with Crippen molar-refractivity contribution in [3.63, 3.8) is 0 Å². The normalized spacial score (nSPS) is 11.5. The molecule has 0 fully saturated rings. The number of pyridine rings is 2. The summed E-state index contributed by atoms with van der Waals surface area (Å²) < 4.78 is 2.51. The molecular formula is C27H29IrN2O2S-. The van der Waals surface area contributed by atoms with Gasteiger partial charge in [0, 0.05) is 43.3 Å². The summed E-state index contributed by atoms with van der Waals surface area (Å²) in [5.41, 5.74) is 5.84. The van der Waals surface area contributed by atoms with E-state index in [9.17, 15) is 4.79 Å². The quantitative estimate of drug-likeness (QED) is 0.142. The summed E-state index contributed by atoms with van der Waals surface area (Å²) >= 11 is 1.82. The first-order chi connectivity index (χ1) is 15.2. The zero-order chi connectivity index (χ0) is 23.4. The van der Waals surface area contributed by atoms with E-state index in [1.54, 1.807) is 0 Å². The van der Waals surface area contributed by atoms with Gasteiger partial charge in [-0.15, -0.1) is 23.8 Å². The van der Waals surface area contributed by atoms with E-state index in [2.05, 4.69) is 68.0 Å². The fourth-order valence-corrected chi connectivity index (χ4v) is 4.95. The average Bonchev–Trinajstić information content (AvgIpc) is 3.12. The molecule has 4 aromatic rings. The van der Waals surface area contributed by atoms with E-state index in [1.165, 1.54) is 45.8 Å². The number of fused-ring (bicyclic) bond motifs is 3. The Morgan fingerprint density at radius 3 is 2.30 bits per heavy atom. The molecule has 0 spiro atoms. The van der Waals surface area contributed by atoms with Crippen LogP contribution in [0.3, 0.4) is 0 Å². The van der Waals surface area contributed by atoms with Crippen molar-refractivity contribution >= 4 is 37.4 Å². The van der Waals surface area contributed by atoms with E-state index < -0.39 is 0 Å². The summed E-state index contributed by atoms with van der Waals surface area (Å²) in [5, 5.41) is 9.56. The van der Waals surface area contributed by atoms with E-state index in [1.807, 2.05) is 29.8 Å². The maximum Gasteiger partial charge on any atom is 0.155 e. The zero-order valence-electron chi connectivity index (χ0n) is 19.8. The van der Waals surface area contributed by atoms with Gasteiger partial charge in [-0.2, -0.15) is 11.3 Å². The van der Waals surface area contributed by atoms with Crippen molar-refractivity contribution < 1.29 is 30.0 Å². The van der Waals surface area contributed by atoms with Crippen molar-refractivity contribution in [2.24, 2.45) is 0 Å². The predicted octanol–water partition coefficient (Wildman–Crippen LogP) is 7.59. The Labute approximate surface area is 213 Å². The average molecular weight is 638 g/mol. The van der Waals surface area contributed by atoms with Crippen LogP contribution >= 0.6 is 11.3 Å². The number of aromatic nitrogens is 2. The maximum absolute atomic E-state index is 10.0. The van der Waals surface area contributed by atoms with Gasteiger partial charge < -0.3 is 10.1 Å². The van der Waals surface area contributed by atoms with Gasteiger partial charge in [-0.1, -0.05) is 44.7 Å². The second-order valence-electron chi connectivity index (χ2n) is 8.46. The standard InChI is InChI=1S/C22H21N2S.C5H8O2.Ir/c1-13(2)15-8-10-23-19(12-15)17-6-5-7-18-20-22(25-21(17)18)16(14(3)4)9-11-24-20;1-4(6)3-5(2)7;/h5,7-14H,1-4H3;3,6H,1-2H3;/q-1;;/b;4-3-;. The topological polar surface area (TPSA) is 63.1 Å². The molecule has 33 heavy (non-hydrogen) atoms. The van der Waals surface area contributed by atoms with Gasteiger partial charge in [0.25, 0.3) is 0 Å². The van der Waals surface area contributed by atoms with Gasteiger partial charge in [-0.25, -0.2) is 0 Å². The Hall–Kier alpha value is -2.40. The molecular weight excluding hydrogens is 609 g/mol. The minimum Gasteiger partial charge on any atom is -0.512 e. The van der Waals surface area contributed by atoms with Crippen LogP contribution in [0.15, 0.2) is 54.6 Å². The Morgan fingerprint density at radius 2 is 1.73 bits per heavy atom. The Bertz CT molecular complexity index is 1290. The number of rotatable bonds is 4. The molecule has 0 amide bonds. The second kappa shape index (κ2) is 11.6. The summed E-state index contributed by atoms with van der Waals surface area (Å²) in [6.45, 7) is 11.7. The van der Waals surface area contributed by atoms with Crippen LogP contribution in [0.2, 0.25) is 0 Å². The second-order valence-corrected chi connectivity index (χ2v) is 9.48. The number of allylic oxidation sites excluding steroid dienone is 2. The number of ketones is 1. The molecule has 6 heteroatoms. The van der Waals surface area contributed by atoms with E-state index in [0.717, 1.165) is 16.8 Å². The van der Waals surface area contributed by atoms with Gasteiger partial charge >= 0.3 is 0 Å². The number of hydrogen-bond donors (Lipinski definition) is 1. The minimum absolute atomic E-state index is 0. The number of benzene rings is 1. The first-order valence-corrected chi connectivity index (χ1v) is 11.6. The molecule has 0 saturated carbocycles. The minimum atomic E-state index is -0.125. The number of carbonyl (C=O) groups is 1. The Kier molecular flexibility index (Phi) is 9.47. The van der Waals surface area contributed by atoms with Crippen LogP contribution in [0, 0.1) is 6.07 Å². The first-order valence-electron chi connectivity index (χ1n) is 10.7. The molecule has 0 atom stereocenters. The molecule has 0 bridgehead atoms. The fourth-order valence-electron chi connectivity index (χ4n) is 3.52. The first kappa shape index (κ1) is 26.8. The molecule has 175 valence electrons. The smallest absolute Gasteiger partial charge is 0.155 e. The van der Waals surface area contributed by atoms with E-state index >= 15 is 0 Å². The van der Waals surface area contributed by atoms with Crippen LogP contribution in [0.1, 0.15) is 64.5 Å². The van der Waals surface area contributed by atoms with Crippen molar-refractivity contribution in [1.82, 2.24) is 9.97 Å². The molecule has 3 heterocycles. The molecule has 0 saturated heterocycles. The third kappa shape index (κ3) is 6.35.